The Morgan fingerprint density at radius 2 is 2.22 bits per heavy atom. The second-order valence-electron chi connectivity index (χ2n) is 5.65. The number of nitrogens with zero attached hydrogens (tertiary/aromatic N) is 4. The normalized spacial score (nSPS) is 18.7. The molecule has 1 N–H and O–H groups in total. The van der Waals surface area contributed by atoms with Gasteiger partial charge in [0.05, 0.1) is 27.5 Å². The van der Waals surface area contributed by atoms with Crippen LogP contribution in [-0.2, 0) is 25.9 Å². The first-order chi connectivity index (χ1) is 12.9. The van der Waals surface area contributed by atoms with Crippen LogP contribution in [0.3, 0.4) is 0 Å². The van der Waals surface area contributed by atoms with Gasteiger partial charge in [-0.05, 0) is 36.2 Å². The van der Waals surface area contributed by atoms with Gasteiger partial charge in [-0.15, -0.1) is 3.71 Å². The third-order valence-corrected chi connectivity index (χ3v) is 8.55. The lowest BCUT2D eigenvalue weighted by Gasteiger charge is -2.36. The van der Waals surface area contributed by atoms with Gasteiger partial charge in [0, 0.05) is 55.3 Å². The average molecular weight is 540 g/mol. The number of piperidine rings is 1. The minimum atomic E-state index is -1.49. The number of hydrogen-bond acceptors (Lipinski definition) is 5. The molecule has 0 bridgehead atoms. The summed E-state index contributed by atoms with van der Waals surface area (Å²) < 4.78 is 27.2. The van der Waals surface area contributed by atoms with Crippen molar-refractivity contribution in [1.29, 1.82) is 0 Å². The third kappa shape index (κ3) is 4.40. The fourth-order valence-electron chi connectivity index (χ4n) is 2.90. The predicted octanol–water partition coefficient (Wildman–Crippen LogP) is 2.64. The van der Waals surface area contributed by atoms with Crippen LogP contribution in [0, 0.1) is 5.82 Å². The van der Waals surface area contributed by atoms with Gasteiger partial charge in [0.15, 0.2) is 0 Å². The fraction of sp³-hybridized carbons (Fsp3) is 0.267. The van der Waals surface area contributed by atoms with Crippen LogP contribution < -0.4 is 10.5 Å². The van der Waals surface area contributed by atoms with Crippen molar-refractivity contribution in [1.82, 2.24) is 13.3 Å². The molecule has 0 aliphatic carbocycles. The smallest absolute Gasteiger partial charge is 0.273 e. The Kier molecular flexibility index (Phi) is 6.97. The van der Waals surface area contributed by atoms with E-state index in [2.05, 4.69) is 4.98 Å². The summed E-state index contributed by atoms with van der Waals surface area (Å²) in [6, 6.07) is 3.65. The maximum atomic E-state index is 14.8. The van der Waals surface area contributed by atoms with Gasteiger partial charge in [-0.3, -0.25) is 19.1 Å². The number of hydrogen-bond donors (Lipinski definition) is 1. The molecule has 0 spiro atoms. The van der Waals surface area contributed by atoms with E-state index in [1.54, 1.807) is 6.07 Å². The number of anilines is 1. The van der Waals surface area contributed by atoms with E-state index in [9.17, 15) is 18.5 Å². The molecule has 3 rings (SSSR count). The zero-order valence-electron chi connectivity index (χ0n) is 13.7. The molecule has 1 aromatic carbocycles. The molecule has 12 heteroatoms. The first-order valence-electron chi connectivity index (χ1n) is 7.77. The molecule has 2 aromatic rings. The zero-order valence-corrected chi connectivity index (χ0v) is 18.3. The molecule has 7 nitrogen and oxygen atoms in total. The quantitative estimate of drug-likeness (QED) is 0.462. The number of halogens is 2. The second kappa shape index (κ2) is 9.05. The van der Waals surface area contributed by atoms with E-state index in [1.165, 1.54) is 46.8 Å². The van der Waals surface area contributed by atoms with Crippen molar-refractivity contribution < 1.29 is 13.7 Å². The van der Waals surface area contributed by atoms with Crippen molar-refractivity contribution in [2.24, 2.45) is 0 Å². The Labute approximate surface area is 178 Å². The molecule has 2 atom stereocenters. The van der Waals surface area contributed by atoms with Crippen molar-refractivity contribution in [3.8, 4) is 5.69 Å². The molecule has 2 unspecified atom stereocenters. The number of rotatable bonds is 5. The lowest BCUT2D eigenvalue weighted by Crippen LogP contribution is -2.50. The molecular formula is C15H14FIN4O3S3. The molecule has 1 aliphatic heterocycles. The SMILES string of the molecule is O=C1C(N(SI)S(O)=S)CCCN1c1ccc(-n2ccncc2=O)cc1F. The van der Waals surface area contributed by atoms with Gasteiger partial charge in [0.25, 0.3) is 5.56 Å². The largest absolute Gasteiger partial charge is 0.315 e. The Hall–Kier alpha value is -0.930. The zero-order chi connectivity index (χ0) is 19.6. The van der Waals surface area contributed by atoms with Gasteiger partial charge in [0.1, 0.15) is 11.9 Å². The average Bonchev–Trinajstić information content (AvgIpc) is 2.64. The Bertz CT molecular complexity index is 945. The molecule has 144 valence electrons. The molecule has 1 saturated heterocycles. The van der Waals surface area contributed by atoms with Crippen LogP contribution in [0.15, 0.2) is 41.6 Å². The lowest BCUT2D eigenvalue weighted by atomic mass is 10.0. The predicted molar refractivity (Wildman–Crippen MR) is 116 cm³/mol. The summed E-state index contributed by atoms with van der Waals surface area (Å²) in [5.41, 5.74) is 0.0987. The molecule has 0 saturated carbocycles. The van der Waals surface area contributed by atoms with Gasteiger partial charge >= 0.3 is 0 Å². The van der Waals surface area contributed by atoms with E-state index in [1.807, 2.05) is 21.2 Å². The van der Waals surface area contributed by atoms with Crippen molar-refractivity contribution in [3.63, 3.8) is 0 Å². The van der Waals surface area contributed by atoms with E-state index in [0.29, 0.717) is 25.1 Å². The van der Waals surface area contributed by atoms with Crippen LogP contribution >= 0.6 is 30.3 Å². The molecule has 1 amide bonds. The fourth-order valence-corrected chi connectivity index (χ4v) is 7.56. The molecule has 1 aromatic heterocycles. The Balaban J connectivity index is 1.92. The molecule has 0 radical (unpaired) electrons. The summed E-state index contributed by atoms with van der Waals surface area (Å²) in [5.74, 6) is -0.921. The highest BCUT2D eigenvalue weighted by molar-refractivity contribution is 14.2. The highest BCUT2D eigenvalue weighted by Gasteiger charge is 2.36. The topological polar surface area (TPSA) is 78.7 Å². The minimum absolute atomic E-state index is 0.135. The maximum Gasteiger partial charge on any atom is 0.273 e. The van der Waals surface area contributed by atoms with Crippen LogP contribution in [0.2, 0.25) is 0 Å². The van der Waals surface area contributed by atoms with Gasteiger partial charge in [-0.1, -0.05) is 0 Å². The number of aromatic nitrogens is 2. The van der Waals surface area contributed by atoms with E-state index in [-0.39, 0.29) is 17.2 Å². The third-order valence-electron chi connectivity index (χ3n) is 4.11. The standard InChI is InChI=1S/C15H14FIN4O3S3/c16-11-8-10(19-7-5-18-9-14(19)22)3-4-12(11)20-6-1-2-13(15(20)23)21(26-17)27(24)25/h3-5,7-9,13H,1-2,6H2,(H,24,25). The summed E-state index contributed by atoms with van der Waals surface area (Å²) in [6.07, 6.45) is 5.21. The van der Waals surface area contributed by atoms with E-state index < -0.39 is 21.8 Å². The molecule has 2 heterocycles. The van der Waals surface area contributed by atoms with E-state index >= 15 is 0 Å². The number of carbonyl (C=O) groups is 1. The van der Waals surface area contributed by atoms with Crippen LogP contribution in [0.25, 0.3) is 5.69 Å². The van der Waals surface area contributed by atoms with Crippen molar-refractivity contribution in [2.75, 3.05) is 11.4 Å². The summed E-state index contributed by atoms with van der Waals surface area (Å²) in [5, 5.41) is 0. The number of benzene rings is 1. The highest BCUT2D eigenvalue weighted by atomic mass is 127. The first kappa shape index (κ1) is 20.8. The summed E-state index contributed by atoms with van der Waals surface area (Å²) in [6.45, 7) is 0.372. The van der Waals surface area contributed by atoms with Gasteiger partial charge in [-0.2, -0.15) is 0 Å². The maximum absolute atomic E-state index is 14.8. The molecular weight excluding hydrogens is 526 g/mol. The molecule has 1 aliphatic rings. The lowest BCUT2D eigenvalue weighted by molar-refractivity contribution is -0.122. The van der Waals surface area contributed by atoms with E-state index in [0.717, 1.165) is 6.20 Å². The Morgan fingerprint density at radius 1 is 1.44 bits per heavy atom. The van der Waals surface area contributed by atoms with Crippen LogP contribution in [0.1, 0.15) is 12.8 Å². The number of carbonyl (C=O) groups excluding carboxylic acids is 1. The van der Waals surface area contributed by atoms with Crippen LogP contribution in [0.5, 0.6) is 0 Å². The van der Waals surface area contributed by atoms with Gasteiger partial charge < -0.3 is 9.45 Å². The first-order valence-corrected chi connectivity index (χ1v) is 13.1. The van der Waals surface area contributed by atoms with Gasteiger partial charge in [0.2, 0.25) is 5.91 Å². The monoisotopic (exact) mass is 540 g/mol. The van der Waals surface area contributed by atoms with Gasteiger partial charge in [-0.25, -0.2) is 4.39 Å². The molecule has 27 heavy (non-hydrogen) atoms. The van der Waals surface area contributed by atoms with Crippen molar-refractivity contribution in [3.05, 3.63) is 53.0 Å². The van der Waals surface area contributed by atoms with Crippen LogP contribution in [-0.4, -0.2) is 36.3 Å². The van der Waals surface area contributed by atoms with E-state index in [4.69, 9.17) is 11.2 Å². The second-order valence-corrected chi connectivity index (χ2v) is 9.35. The summed E-state index contributed by atoms with van der Waals surface area (Å²) >= 11 is 6.86. The summed E-state index contributed by atoms with van der Waals surface area (Å²) in [7, 11) is -0.325. The Morgan fingerprint density at radius 3 is 2.85 bits per heavy atom. The van der Waals surface area contributed by atoms with Crippen molar-refractivity contribution in [2.45, 2.75) is 18.9 Å². The van der Waals surface area contributed by atoms with Crippen LogP contribution in [0.4, 0.5) is 10.1 Å². The van der Waals surface area contributed by atoms with Crippen molar-refractivity contribution >= 4 is 63.0 Å². The summed E-state index contributed by atoms with van der Waals surface area (Å²) in [4.78, 5) is 29.8. The number of amides is 1. The highest BCUT2D eigenvalue weighted by Crippen LogP contribution is 2.32. The minimum Gasteiger partial charge on any atom is -0.315 e. The molecule has 1 fully saturated rings.